The average molecular weight is 259 g/mol. The highest BCUT2D eigenvalue weighted by Crippen LogP contribution is 2.37. The van der Waals surface area contributed by atoms with Gasteiger partial charge in [-0.1, -0.05) is 6.92 Å². The quantitative estimate of drug-likeness (QED) is 0.764. The van der Waals surface area contributed by atoms with E-state index < -0.39 is 5.97 Å². The molecule has 5 heteroatoms. The minimum Gasteiger partial charge on any atom is -0.481 e. The lowest BCUT2D eigenvalue weighted by molar-refractivity contribution is -0.137. The second-order valence-electron chi connectivity index (χ2n) is 4.93. The Morgan fingerprint density at radius 1 is 1.53 bits per heavy atom. The molecule has 2 N–H and O–H groups in total. The molecule has 1 heterocycles. The van der Waals surface area contributed by atoms with E-state index in [1.165, 1.54) is 0 Å². The highest BCUT2D eigenvalue weighted by molar-refractivity contribution is 8.01. The van der Waals surface area contributed by atoms with Crippen molar-refractivity contribution in [3.05, 3.63) is 0 Å². The largest absolute Gasteiger partial charge is 0.481 e. The summed E-state index contributed by atoms with van der Waals surface area (Å²) < 4.78 is -0.271. The van der Waals surface area contributed by atoms with Gasteiger partial charge in [-0.3, -0.25) is 9.59 Å². The number of thioether (sulfide) groups is 1. The molecule has 0 spiro atoms. The van der Waals surface area contributed by atoms with E-state index in [1.807, 2.05) is 13.8 Å². The van der Waals surface area contributed by atoms with Crippen molar-refractivity contribution in [3.8, 4) is 0 Å². The summed E-state index contributed by atoms with van der Waals surface area (Å²) in [5.74, 6) is 0.590. The number of aliphatic carboxylic acids is 1. The van der Waals surface area contributed by atoms with Crippen LogP contribution in [0.15, 0.2) is 0 Å². The molecule has 0 aromatic carbocycles. The Morgan fingerprint density at radius 2 is 2.24 bits per heavy atom. The van der Waals surface area contributed by atoms with Crippen LogP contribution in [0, 0.1) is 5.92 Å². The topological polar surface area (TPSA) is 66.4 Å². The second-order valence-corrected chi connectivity index (χ2v) is 6.53. The van der Waals surface area contributed by atoms with Crippen molar-refractivity contribution in [2.24, 2.45) is 5.92 Å². The number of rotatable bonds is 6. The van der Waals surface area contributed by atoms with Gasteiger partial charge in [-0.15, -0.1) is 11.8 Å². The van der Waals surface area contributed by atoms with Gasteiger partial charge < -0.3 is 10.4 Å². The molecule has 0 radical (unpaired) electrons. The molecule has 0 bridgehead atoms. The van der Waals surface area contributed by atoms with Gasteiger partial charge in [0.2, 0.25) is 5.91 Å². The maximum Gasteiger partial charge on any atom is 0.303 e. The van der Waals surface area contributed by atoms with E-state index in [2.05, 4.69) is 5.32 Å². The van der Waals surface area contributed by atoms with E-state index in [1.54, 1.807) is 11.8 Å². The predicted octanol–water partition coefficient (Wildman–Crippen LogP) is 1.89. The number of carboxylic acid groups (broad SMARTS) is 1. The first-order valence-corrected chi connectivity index (χ1v) is 7.06. The molecule has 1 saturated heterocycles. The zero-order chi connectivity index (χ0) is 12.9. The number of amides is 1. The summed E-state index contributed by atoms with van der Waals surface area (Å²) in [6, 6.07) is 0. The SMILES string of the molecule is CC(CCC(=O)O)CNC(=O)C1(C)CCCS1. The smallest absolute Gasteiger partial charge is 0.303 e. The molecule has 1 aliphatic rings. The Bertz CT molecular complexity index is 287. The van der Waals surface area contributed by atoms with Crippen LogP contribution < -0.4 is 5.32 Å². The lowest BCUT2D eigenvalue weighted by atomic mass is 10.0. The maximum absolute atomic E-state index is 12.0. The first-order chi connectivity index (χ1) is 7.94. The van der Waals surface area contributed by atoms with Gasteiger partial charge in [0.1, 0.15) is 0 Å². The Labute approximate surface area is 107 Å². The number of carboxylic acids is 1. The summed E-state index contributed by atoms with van der Waals surface area (Å²) in [4.78, 5) is 22.4. The molecule has 0 saturated carbocycles. The van der Waals surface area contributed by atoms with Gasteiger partial charge >= 0.3 is 5.97 Å². The van der Waals surface area contributed by atoms with Gasteiger partial charge in [-0.05, 0) is 37.9 Å². The van der Waals surface area contributed by atoms with Crippen molar-refractivity contribution >= 4 is 23.6 Å². The molecule has 2 unspecified atom stereocenters. The monoisotopic (exact) mass is 259 g/mol. The Morgan fingerprint density at radius 3 is 2.76 bits per heavy atom. The van der Waals surface area contributed by atoms with E-state index in [-0.39, 0.29) is 23.0 Å². The second kappa shape index (κ2) is 6.28. The van der Waals surface area contributed by atoms with Crippen LogP contribution in [0.2, 0.25) is 0 Å². The minimum atomic E-state index is -0.776. The highest BCUT2D eigenvalue weighted by Gasteiger charge is 2.36. The Balaban J connectivity index is 2.25. The van der Waals surface area contributed by atoms with Crippen LogP contribution in [-0.2, 0) is 9.59 Å². The van der Waals surface area contributed by atoms with Gasteiger partial charge in [0.25, 0.3) is 0 Å². The fraction of sp³-hybridized carbons (Fsp3) is 0.833. The third-order valence-electron chi connectivity index (χ3n) is 3.16. The van der Waals surface area contributed by atoms with Crippen LogP contribution in [0.5, 0.6) is 0 Å². The van der Waals surface area contributed by atoms with E-state index in [4.69, 9.17) is 5.11 Å². The first kappa shape index (κ1) is 14.4. The fourth-order valence-corrected chi connectivity index (χ4v) is 3.12. The van der Waals surface area contributed by atoms with Crippen LogP contribution in [0.1, 0.15) is 39.5 Å². The van der Waals surface area contributed by atoms with Crippen molar-refractivity contribution in [2.75, 3.05) is 12.3 Å². The van der Waals surface area contributed by atoms with Crippen LogP contribution in [0.25, 0.3) is 0 Å². The van der Waals surface area contributed by atoms with E-state index >= 15 is 0 Å². The fourth-order valence-electron chi connectivity index (χ4n) is 1.88. The summed E-state index contributed by atoms with van der Waals surface area (Å²) >= 11 is 1.72. The third-order valence-corrected chi connectivity index (χ3v) is 4.68. The van der Waals surface area contributed by atoms with Gasteiger partial charge in [0, 0.05) is 13.0 Å². The van der Waals surface area contributed by atoms with Crippen molar-refractivity contribution in [1.29, 1.82) is 0 Å². The highest BCUT2D eigenvalue weighted by atomic mass is 32.2. The normalized spacial score (nSPS) is 25.5. The average Bonchev–Trinajstić information content (AvgIpc) is 2.71. The standard InChI is InChI=1S/C12H21NO3S/c1-9(4-5-10(14)15)8-13-11(16)12(2)6-3-7-17-12/h9H,3-8H2,1-2H3,(H,13,16)(H,14,15). The molecule has 2 atom stereocenters. The van der Waals surface area contributed by atoms with E-state index in [0.717, 1.165) is 18.6 Å². The summed E-state index contributed by atoms with van der Waals surface area (Å²) in [5, 5.41) is 11.5. The molecule has 1 rings (SSSR count). The van der Waals surface area contributed by atoms with Crippen molar-refractivity contribution < 1.29 is 14.7 Å². The summed E-state index contributed by atoms with van der Waals surface area (Å²) in [7, 11) is 0. The molecule has 1 fully saturated rings. The van der Waals surface area contributed by atoms with E-state index in [9.17, 15) is 9.59 Å². The van der Waals surface area contributed by atoms with Gasteiger partial charge in [0.15, 0.2) is 0 Å². The van der Waals surface area contributed by atoms with Crippen molar-refractivity contribution in [1.82, 2.24) is 5.32 Å². The molecular formula is C12H21NO3S. The minimum absolute atomic E-state index is 0.0992. The number of hydrogen-bond donors (Lipinski definition) is 2. The molecule has 17 heavy (non-hydrogen) atoms. The Kier molecular flexibility index (Phi) is 5.31. The van der Waals surface area contributed by atoms with Crippen LogP contribution in [-0.4, -0.2) is 34.0 Å². The summed E-state index contributed by atoms with van der Waals surface area (Å²) in [6.07, 6.45) is 2.82. The van der Waals surface area contributed by atoms with E-state index in [0.29, 0.717) is 13.0 Å². The molecule has 0 aromatic rings. The molecule has 98 valence electrons. The van der Waals surface area contributed by atoms with Gasteiger partial charge in [-0.2, -0.15) is 0 Å². The molecule has 0 aliphatic carbocycles. The van der Waals surface area contributed by atoms with Gasteiger partial charge in [0.05, 0.1) is 4.75 Å². The Hall–Kier alpha value is -0.710. The molecule has 1 amide bonds. The van der Waals surface area contributed by atoms with Crippen LogP contribution in [0.3, 0.4) is 0 Å². The van der Waals surface area contributed by atoms with Crippen molar-refractivity contribution in [2.45, 2.75) is 44.3 Å². The number of nitrogens with one attached hydrogen (secondary N) is 1. The molecule has 4 nitrogen and oxygen atoms in total. The third kappa shape index (κ3) is 4.58. The summed E-state index contributed by atoms with van der Waals surface area (Å²) in [6.45, 7) is 4.53. The van der Waals surface area contributed by atoms with Crippen LogP contribution >= 0.6 is 11.8 Å². The lowest BCUT2D eigenvalue weighted by Crippen LogP contribution is -2.42. The molecule has 1 aliphatic heterocycles. The molecule has 0 aromatic heterocycles. The number of hydrogen-bond acceptors (Lipinski definition) is 3. The maximum atomic E-state index is 12.0. The zero-order valence-electron chi connectivity index (χ0n) is 10.5. The predicted molar refractivity (Wildman–Crippen MR) is 69.1 cm³/mol. The van der Waals surface area contributed by atoms with Crippen LogP contribution in [0.4, 0.5) is 0 Å². The first-order valence-electron chi connectivity index (χ1n) is 6.08. The zero-order valence-corrected chi connectivity index (χ0v) is 11.3. The van der Waals surface area contributed by atoms with Gasteiger partial charge in [-0.25, -0.2) is 0 Å². The molecular weight excluding hydrogens is 238 g/mol. The number of carbonyl (C=O) groups is 2. The number of carbonyl (C=O) groups excluding carboxylic acids is 1. The van der Waals surface area contributed by atoms with Crippen molar-refractivity contribution in [3.63, 3.8) is 0 Å². The summed E-state index contributed by atoms with van der Waals surface area (Å²) in [5.41, 5.74) is 0. The lowest BCUT2D eigenvalue weighted by Gasteiger charge is -2.22.